The van der Waals surface area contributed by atoms with Gasteiger partial charge in [-0.15, -0.1) is 5.11 Å². The van der Waals surface area contributed by atoms with Crippen LogP contribution in [0.3, 0.4) is 0 Å². The molecule has 0 spiro atoms. The predicted molar refractivity (Wildman–Crippen MR) is 112 cm³/mol. The Morgan fingerprint density at radius 2 is 1.42 bits per heavy atom. The molecular formula is C18H17N3O8S2. The summed E-state index contributed by atoms with van der Waals surface area (Å²) in [6, 6.07) is 6.68. The van der Waals surface area contributed by atoms with Crippen molar-refractivity contribution < 1.29 is 35.8 Å². The van der Waals surface area contributed by atoms with E-state index in [0.29, 0.717) is 22.7 Å². The third-order valence-electron chi connectivity index (χ3n) is 4.36. The Morgan fingerprint density at radius 3 is 1.97 bits per heavy atom. The summed E-state index contributed by atoms with van der Waals surface area (Å²) in [5.74, 6) is -0.274. The number of rotatable bonds is 5. The molecule has 3 aromatic rings. The van der Waals surface area contributed by atoms with Crippen LogP contribution in [0.15, 0.2) is 56.4 Å². The Hall–Kier alpha value is -3.26. The molecule has 0 amide bonds. The van der Waals surface area contributed by atoms with Crippen molar-refractivity contribution in [2.45, 2.75) is 16.7 Å². The molecular weight excluding hydrogens is 450 g/mol. The zero-order chi connectivity index (χ0) is 23.1. The van der Waals surface area contributed by atoms with Crippen molar-refractivity contribution in [3.8, 4) is 11.5 Å². The van der Waals surface area contributed by atoms with Gasteiger partial charge >= 0.3 is 0 Å². The first-order valence-corrected chi connectivity index (χ1v) is 11.3. The minimum absolute atomic E-state index is 0.0522. The highest BCUT2D eigenvalue weighted by molar-refractivity contribution is 7.86. The van der Waals surface area contributed by atoms with Crippen LogP contribution in [-0.2, 0) is 20.2 Å². The number of aryl methyl sites for hydroxylation is 1. The molecule has 0 atom stereocenters. The van der Waals surface area contributed by atoms with Crippen LogP contribution in [0.1, 0.15) is 5.56 Å². The number of phenolic OH excluding ortho intramolecular Hbond substituents is 1. The second-order valence-electron chi connectivity index (χ2n) is 6.51. The number of nitrogen functional groups attached to an aromatic ring is 1. The van der Waals surface area contributed by atoms with E-state index in [2.05, 4.69) is 10.2 Å². The maximum atomic E-state index is 11.7. The zero-order valence-corrected chi connectivity index (χ0v) is 17.8. The summed E-state index contributed by atoms with van der Waals surface area (Å²) < 4.78 is 70.0. The first-order valence-electron chi connectivity index (χ1n) is 8.43. The van der Waals surface area contributed by atoms with Gasteiger partial charge in [-0.1, -0.05) is 0 Å². The molecule has 3 aromatic carbocycles. The number of benzene rings is 3. The number of anilines is 1. The third kappa shape index (κ3) is 4.59. The molecule has 0 saturated heterocycles. The zero-order valence-electron chi connectivity index (χ0n) is 16.1. The fraction of sp³-hybridized carbons (Fsp3) is 0.111. The van der Waals surface area contributed by atoms with E-state index in [-0.39, 0.29) is 16.5 Å². The van der Waals surface area contributed by atoms with E-state index in [1.807, 2.05) is 0 Å². The number of methoxy groups -OCH3 is 1. The number of azo groups is 1. The standard InChI is InChI=1S/C18H17N3O8S2/c1-9-3-13(19)17(29-2)8-14(9)20-21-15-6-11(30(23,24)25)4-10-5-12(31(26,27)28)7-16(22)18(10)15/h3-8,22H,19H2,1-2H3,(H,23,24,25)(H,26,27,28). The minimum Gasteiger partial charge on any atom is -0.507 e. The Balaban J connectivity index is 2.30. The number of ether oxygens (including phenoxy) is 1. The lowest BCUT2D eigenvalue weighted by atomic mass is 10.1. The van der Waals surface area contributed by atoms with Gasteiger partial charge in [-0.05, 0) is 42.1 Å². The summed E-state index contributed by atoms with van der Waals surface area (Å²) in [6.07, 6.45) is 0. The molecule has 0 saturated carbocycles. The van der Waals surface area contributed by atoms with Gasteiger partial charge in [0.15, 0.2) is 0 Å². The van der Waals surface area contributed by atoms with Crippen LogP contribution in [-0.4, -0.2) is 38.2 Å². The predicted octanol–water partition coefficient (Wildman–Crippen LogP) is 3.35. The normalized spacial score (nSPS) is 12.5. The molecule has 13 heteroatoms. The van der Waals surface area contributed by atoms with E-state index in [0.717, 1.165) is 24.3 Å². The number of fused-ring (bicyclic) bond motifs is 1. The minimum atomic E-state index is -4.72. The molecule has 11 nitrogen and oxygen atoms in total. The molecule has 0 aliphatic heterocycles. The molecule has 0 fully saturated rings. The molecule has 0 aromatic heterocycles. The summed E-state index contributed by atoms with van der Waals surface area (Å²) in [7, 11) is -8.01. The van der Waals surface area contributed by atoms with Crippen LogP contribution in [0.2, 0.25) is 0 Å². The van der Waals surface area contributed by atoms with Crippen molar-refractivity contribution in [2.75, 3.05) is 12.8 Å². The second-order valence-corrected chi connectivity index (χ2v) is 9.36. The molecule has 0 bridgehead atoms. The lowest BCUT2D eigenvalue weighted by Crippen LogP contribution is -2.00. The summed E-state index contributed by atoms with van der Waals surface area (Å²) in [6.45, 7) is 1.70. The van der Waals surface area contributed by atoms with Gasteiger partial charge in [-0.25, -0.2) is 0 Å². The quantitative estimate of drug-likeness (QED) is 0.248. The van der Waals surface area contributed by atoms with E-state index in [9.17, 15) is 31.0 Å². The third-order valence-corrected chi connectivity index (χ3v) is 6.03. The van der Waals surface area contributed by atoms with Crippen molar-refractivity contribution in [2.24, 2.45) is 10.2 Å². The number of hydrogen-bond donors (Lipinski definition) is 4. The monoisotopic (exact) mass is 467 g/mol. The fourth-order valence-electron chi connectivity index (χ4n) is 2.89. The van der Waals surface area contributed by atoms with Crippen molar-refractivity contribution in [1.82, 2.24) is 0 Å². The molecule has 0 radical (unpaired) electrons. The fourth-order valence-corrected chi connectivity index (χ4v) is 3.96. The van der Waals surface area contributed by atoms with Gasteiger partial charge < -0.3 is 15.6 Å². The molecule has 0 unspecified atom stereocenters. The topological polar surface area (TPSA) is 189 Å². The smallest absolute Gasteiger partial charge is 0.294 e. The van der Waals surface area contributed by atoms with Crippen LogP contribution in [0.5, 0.6) is 11.5 Å². The van der Waals surface area contributed by atoms with E-state index in [1.165, 1.54) is 13.2 Å². The first-order chi connectivity index (χ1) is 14.3. The lowest BCUT2D eigenvalue weighted by molar-refractivity contribution is 0.417. The number of nitrogens with two attached hydrogens (primary N) is 1. The average molecular weight is 467 g/mol. The van der Waals surface area contributed by atoms with E-state index in [4.69, 9.17) is 10.5 Å². The Bertz CT molecular complexity index is 1440. The van der Waals surface area contributed by atoms with Gasteiger partial charge in [-0.3, -0.25) is 9.11 Å². The highest BCUT2D eigenvalue weighted by Crippen LogP contribution is 2.39. The molecule has 0 aliphatic carbocycles. The van der Waals surface area contributed by atoms with E-state index in [1.54, 1.807) is 13.0 Å². The Morgan fingerprint density at radius 1 is 0.871 bits per heavy atom. The van der Waals surface area contributed by atoms with Crippen LogP contribution in [0.4, 0.5) is 17.1 Å². The lowest BCUT2D eigenvalue weighted by Gasteiger charge is -2.10. The maximum absolute atomic E-state index is 11.7. The van der Waals surface area contributed by atoms with E-state index >= 15 is 0 Å². The number of hydrogen-bond acceptors (Lipinski definition) is 9. The van der Waals surface area contributed by atoms with Gasteiger partial charge in [0, 0.05) is 12.1 Å². The summed E-state index contributed by atoms with van der Waals surface area (Å²) in [5.41, 5.74) is 6.96. The molecule has 0 heterocycles. The number of nitrogens with zero attached hydrogens (tertiary/aromatic N) is 2. The number of phenols is 1. The first kappa shape index (κ1) is 22.4. The van der Waals surface area contributed by atoms with Gasteiger partial charge in [0.2, 0.25) is 0 Å². The average Bonchev–Trinajstić information content (AvgIpc) is 2.65. The molecule has 31 heavy (non-hydrogen) atoms. The highest BCUT2D eigenvalue weighted by atomic mass is 32.2. The van der Waals surface area contributed by atoms with Gasteiger partial charge in [0.1, 0.15) is 11.5 Å². The summed E-state index contributed by atoms with van der Waals surface area (Å²) in [4.78, 5) is -1.29. The maximum Gasteiger partial charge on any atom is 0.294 e. The van der Waals surface area contributed by atoms with Crippen molar-refractivity contribution in [3.63, 3.8) is 0 Å². The molecule has 0 aliphatic rings. The molecule has 3 rings (SSSR count). The van der Waals surface area contributed by atoms with Crippen LogP contribution < -0.4 is 10.5 Å². The van der Waals surface area contributed by atoms with Gasteiger partial charge in [0.05, 0.1) is 39.3 Å². The molecule has 164 valence electrons. The van der Waals surface area contributed by atoms with Crippen molar-refractivity contribution >= 4 is 48.1 Å². The molecule has 5 N–H and O–H groups in total. The SMILES string of the molecule is COc1cc(N=Nc2cc(S(=O)(=O)O)cc3cc(S(=O)(=O)O)cc(O)c23)c(C)cc1N. The van der Waals surface area contributed by atoms with Crippen LogP contribution in [0.25, 0.3) is 10.8 Å². The summed E-state index contributed by atoms with van der Waals surface area (Å²) >= 11 is 0. The second kappa shape index (κ2) is 7.77. The number of aromatic hydroxyl groups is 1. The van der Waals surface area contributed by atoms with Crippen LogP contribution in [0, 0.1) is 6.92 Å². The largest absolute Gasteiger partial charge is 0.507 e. The van der Waals surface area contributed by atoms with Gasteiger partial charge in [0.25, 0.3) is 20.2 Å². The summed E-state index contributed by atoms with van der Waals surface area (Å²) in [5, 5.41) is 18.2. The highest BCUT2D eigenvalue weighted by Gasteiger charge is 2.20. The van der Waals surface area contributed by atoms with Crippen LogP contribution >= 0.6 is 0 Å². The Labute approximate surface area is 177 Å². The van der Waals surface area contributed by atoms with Gasteiger partial charge in [-0.2, -0.15) is 21.9 Å². The van der Waals surface area contributed by atoms with Crippen molar-refractivity contribution in [3.05, 3.63) is 42.0 Å². The van der Waals surface area contributed by atoms with Crippen molar-refractivity contribution in [1.29, 1.82) is 0 Å². The van der Waals surface area contributed by atoms with E-state index < -0.39 is 35.8 Å². The Kier molecular flexibility index (Phi) is 5.62.